The highest BCUT2D eigenvalue weighted by Crippen LogP contribution is 2.15. The molecule has 0 rings (SSSR count). The highest BCUT2D eigenvalue weighted by atomic mass is 16.6. The minimum Gasteiger partial charge on any atom is -0.462 e. The van der Waals surface area contributed by atoms with Crippen LogP contribution in [0.15, 0.2) is 85.1 Å². The van der Waals surface area contributed by atoms with Crippen LogP contribution in [0.4, 0.5) is 0 Å². The van der Waals surface area contributed by atoms with Gasteiger partial charge in [-0.15, -0.1) is 0 Å². The minimum absolute atomic E-state index is 0.0872. The topological polar surface area (TPSA) is 78.9 Å². The van der Waals surface area contributed by atoms with Gasteiger partial charge in [0.15, 0.2) is 6.10 Å². The third-order valence-electron chi connectivity index (χ3n) is 11.6. The first-order valence-electron chi connectivity index (χ1n) is 27.6. The highest BCUT2D eigenvalue weighted by molar-refractivity contribution is 5.71. The summed E-state index contributed by atoms with van der Waals surface area (Å²) < 4.78 is 16.8. The first-order chi connectivity index (χ1) is 32.5. The predicted molar refractivity (Wildman–Crippen MR) is 284 cm³/mol. The molecule has 6 nitrogen and oxygen atoms in total. The van der Waals surface area contributed by atoms with Crippen LogP contribution < -0.4 is 0 Å². The van der Waals surface area contributed by atoms with Crippen LogP contribution in [0.5, 0.6) is 0 Å². The Hall–Kier alpha value is -3.41. The number of hydrogen-bond acceptors (Lipinski definition) is 6. The minimum atomic E-state index is -0.788. The van der Waals surface area contributed by atoms with E-state index in [9.17, 15) is 14.4 Å². The smallest absolute Gasteiger partial charge is 0.306 e. The maximum absolute atomic E-state index is 12.8. The van der Waals surface area contributed by atoms with Gasteiger partial charge in [0.2, 0.25) is 0 Å². The van der Waals surface area contributed by atoms with E-state index in [-0.39, 0.29) is 31.1 Å². The third kappa shape index (κ3) is 51.6. The van der Waals surface area contributed by atoms with E-state index in [0.29, 0.717) is 19.3 Å². The molecule has 0 aromatic carbocycles. The highest BCUT2D eigenvalue weighted by Gasteiger charge is 2.19. The molecular formula is C60H102O6. The molecular weight excluding hydrogens is 817 g/mol. The van der Waals surface area contributed by atoms with Crippen molar-refractivity contribution in [1.82, 2.24) is 0 Å². The molecule has 0 aromatic heterocycles. The second-order valence-electron chi connectivity index (χ2n) is 18.1. The van der Waals surface area contributed by atoms with E-state index < -0.39 is 6.10 Å². The van der Waals surface area contributed by atoms with E-state index in [4.69, 9.17) is 14.2 Å². The normalized spacial score (nSPS) is 12.7. The molecule has 0 N–H and O–H groups in total. The Kier molecular flexibility index (Phi) is 51.4. The first kappa shape index (κ1) is 62.6. The van der Waals surface area contributed by atoms with Gasteiger partial charge in [-0.05, 0) is 109 Å². The zero-order valence-corrected chi connectivity index (χ0v) is 43.2. The molecule has 0 spiro atoms. The van der Waals surface area contributed by atoms with Gasteiger partial charge in [0, 0.05) is 19.3 Å². The molecule has 0 saturated carbocycles. The second-order valence-corrected chi connectivity index (χ2v) is 18.1. The van der Waals surface area contributed by atoms with E-state index in [1.807, 2.05) is 0 Å². The summed E-state index contributed by atoms with van der Waals surface area (Å²) in [6.45, 7) is 6.39. The summed E-state index contributed by atoms with van der Waals surface area (Å²) in [5.41, 5.74) is 0. The van der Waals surface area contributed by atoms with Crippen LogP contribution in [0.25, 0.3) is 0 Å². The van der Waals surface area contributed by atoms with Crippen LogP contribution in [-0.2, 0) is 28.6 Å². The summed E-state index contributed by atoms with van der Waals surface area (Å²) in [6, 6.07) is 0. The second kappa shape index (κ2) is 54.2. The fraction of sp³-hybridized carbons (Fsp3) is 0.717. The van der Waals surface area contributed by atoms with Gasteiger partial charge < -0.3 is 14.2 Å². The number of allylic oxidation sites excluding steroid dienone is 14. The molecule has 0 saturated heterocycles. The number of esters is 3. The van der Waals surface area contributed by atoms with Gasteiger partial charge in [-0.3, -0.25) is 14.4 Å². The van der Waals surface area contributed by atoms with Crippen molar-refractivity contribution in [2.45, 2.75) is 264 Å². The van der Waals surface area contributed by atoms with Crippen molar-refractivity contribution >= 4 is 17.9 Å². The van der Waals surface area contributed by atoms with Crippen molar-refractivity contribution in [2.24, 2.45) is 0 Å². The number of rotatable bonds is 49. The van der Waals surface area contributed by atoms with Crippen molar-refractivity contribution < 1.29 is 28.6 Å². The van der Waals surface area contributed by atoms with E-state index in [0.717, 1.165) is 109 Å². The molecule has 0 amide bonds. The van der Waals surface area contributed by atoms with Crippen LogP contribution in [0, 0.1) is 0 Å². The quantitative estimate of drug-likeness (QED) is 0.0262. The van der Waals surface area contributed by atoms with Crippen molar-refractivity contribution in [2.75, 3.05) is 13.2 Å². The van der Waals surface area contributed by atoms with E-state index in [1.54, 1.807) is 0 Å². The number of carbonyl (C=O) groups excluding carboxylic acids is 3. The van der Waals surface area contributed by atoms with Crippen molar-refractivity contribution in [3.63, 3.8) is 0 Å². The Labute approximate surface area is 407 Å². The van der Waals surface area contributed by atoms with Crippen LogP contribution in [0.3, 0.4) is 0 Å². The Morgan fingerprint density at radius 1 is 0.318 bits per heavy atom. The van der Waals surface area contributed by atoms with Crippen LogP contribution in [-0.4, -0.2) is 37.2 Å². The monoisotopic (exact) mass is 919 g/mol. The van der Waals surface area contributed by atoms with Crippen LogP contribution >= 0.6 is 0 Å². The Morgan fingerprint density at radius 2 is 0.591 bits per heavy atom. The molecule has 0 aliphatic heterocycles. The van der Waals surface area contributed by atoms with Gasteiger partial charge >= 0.3 is 17.9 Å². The fourth-order valence-corrected chi connectivity index (χ4v) is 7.52. The predicted octanol–water partition coefficient (Wildman–Crippen LogP) is 18.4. The van der Waals surface area contributed by atoms with Crippen molar-refractivity contribution in [3.05, 3.63) is 85.1 Å². The van der Waals surface area contributed by atoms with Gasteiger partial charge in [-0.25, -0.2) is 0 Å². The number of ether oxygens (including phenoxy) is 3. The fourth-order valence-electron chi connectivity index (χ4n) is 7.52. The lowest BCUT2D eigenvalue weighted by Crippen LogP contribution is -2.30. The van der Waals surface area contributed by atoms with Crippen LogP contribution in [0.1, 0.15) is 258 Å². The SMILES string of the molecule is CC/C=C\C/C=C\C/C=C\C/C=C\CCCCCCCCC(=O)OCC(COC(=O)CCCCCCCCC/C=C\C/C=C\CC)OC(=O)CCCCCCCCC/C=C\CCCCCC. The molecule has 1 unspecified atom stereocenters. The summed E-state index contributed by atoms with van der Waals surface area (Å²) in [5, 5.41) is 0. The van der Waals surface area contributed by atoms with E-state index in [1.165, 1.54) is 109 Å². The number of hydrogen-bond donors (Lipinski definition) is 0. The number of carbonyl (C=O) groups is 3. The lowest BCUT2D eigenvalue weighted by molar-refractivity contribution is -0.167. The van der Waals surface area contributed by atoms with Gasteiger partial charge in [0.05, 0.1) is 0 Å². The molecule has 66 heavy (non-hydrogen) atoms. The van der Waals surface area contributed by atoms with E-state index >= 15 is 0 Å². The van der Waals surface area contributed by atoms with Crippen molar-refractivity contribution in [3.8, 4) is 0 Å². The standard InChI is InChI=1S/C60H102O6/c1-4-7-10-13-16-19-22-25-28-29-30-31-33-35-38-41-44-47-50-53-59(62)65-56-57(55-64-58(61)52-49-46-43-40-37-34-27-24-21-18-15-12-9-6-3)66-60(63)54-51-48-45-42-39-36-32-26-23-20-17-14-11-8-5-2/h7,9-10,12,16,18-21,23,25,28,30-31,57H,4-6,8,11,13-15,17,22,24,26-27,29,32-56H2,1-3H3/b10-7-,12-9-,19-16-,21-18-,23-20-,28-25-,31-30-. The molecule has 0 aliphatic carbocycles. The maximum Gasteiger partial charge on any atom is 0.306 e. The maximum atomic E-state index is 12.8. The molecule has 0 bridgehead atoms. The largest absolute Gasteiger partial charge is 0.462 e. The summed E-state index contributed by atoms with van der Waals surface area (Å²) in [5.74, 6) is -0.910. The molecule has 0 heterocycles. The molecule has 0 fully saturated rings. The van der Waals surface area contributed by atoms with Gasteiger partial charge in [0.25, 0.3) is 0 Å². The number of unbranched alkanes of at least 4 members (excludes halogenated alkanes) is 24. The Bertz CT molecular complexity index is 1290. The molecule has 0 radical (unpaired) electrons. The average Bonchev–Trinajstić information content (AvgIpc) is 3.31. The first-order valence-corrected chi connectivity index (χ1v) is 27.6. The van der Waals surface area contributed by atoms with Gasteiger partial charge in [-0.1, -0.05) is 215 Å². The molecule has 378 valence electrons. The summed E-state index contributed by atoms with van der Waals surface area (Å²) in [7, 11) is 0. The zero-order valence-electron chi connectivity index (χ0n) is 43.2. The van der Waals surface area contributed by atoms with Gasteiger partial charge in [0.1, 0.15) is 13.2 Å². The zero-order chi connectivity index (χ0) is 47.9. The lowest BCUT2D eigenvalue weighted by Gasteiger charge is -2.18. The summed E-state index contributed by atoms with van der Waals surface area (Å²) in [4.78, 5) is 38.1. The van der Waals surface area contributed by atoms with E-state index in [2.05, 4.69) is 106 Å². The lowest BCUT2D eigenvalue weighted by atomic mass is 10.1. The van der Waals surface area contributed by atoms with Gasteiger partial charge in [-0.2, -0.15) is 0 Å². The Balaban J connectivity index is 4.41. The molecule has 0 aliphatic rings. The van der Waals surface area contributed by atoms with Crippen molar-refractivity contribution in [1.29, 1.82) is 0 Å². The van der Waals surface area contributed by atoms with Crippen LogP contribution in [0.2, 0.25) is 0 Å². The molecule has 0 aromatic rings. The third-order valence-corrected chi connectivity index (χ3v) is 11.6. The molecule has 1 atom stereocenters. The average molecular weight is 919 g/mol. The Morgan fingerprint density at radius 3 is 0.939 bits per heavy atom. The summed E-state index contributed by atoms with van der Waals surface area (Å²) in [6.07, 6.45) is 69.9. The summed E-state index contributed by atoms with van der Waals surface area (Å²) >= 11 is 0. The molecule has 6 heteroatoms.